The van der Waals surface area contributed by atoms with Gasteiger partial charge in [-0.3, -0.25) is 5.84 Å². The molecule has 2 aromatic rings. The van der Waals surface area contributed by atoms with Crippen molar-refractivity contribution in [3.05, 3.63) is 69.5 Å². The van der Waals surface area contributed by atoms with E-state index in [4.69, 9.17) is 17.4 Å². The number of halogens is 6. The highest BCUT2D eigenvalue weighted by Gasteiger charge is 2.31. The Labute approximate surface area is 121 Å². The first-order valence-electron chi connectivity index (χ1n) is 5.62. The van der Waals surface area contributed by atoms with Gasteiger partial charge in [-0.05, 0) is 11.6 Å². The molecule has 1 unspecified atom stereocenters. The van der Waals surface area contributed by atoms with Crippen LogP contribution in [0.4, 0.5) is 22.0 Å². The zero-order valence-electron chi connectivity index (χ0n) is 10.2. The lowest BCUT2D eigenvalue weighted by Crippen LogP contribution is -2.31. The first kappa shape index (κ1) is 15.7. The Morgan fingerprint density at radius 2 is 1.33 bits per heavy atom. The zero-order valence-corrected chi connectivity index (χ0v) is 11.0. The van der Waals surface area contributed by atoms with Gasteiger partial charge < -0.3 is 0 Å². The summed E-state index contributed by atoms with van der Waals surface area (Å²) in [5.41, 5.74) is 0.989. The van der Waals surface area contributed by atoms with Gasteiger partial charge in [0.05, 0.1) is 11.6 Å². The minimum absolute atomic E-state index is 0.0596. The van der Waals surface area contributed by atoms with Gasteiger partial charge in [-0.15, -0.1) is 0 Å². The zero-order chi connectivity index (χ0) is 15.7. The predicted molar refractivity (Wildman–Crippen MR) is 66.9 cm³/mol. The first-order chi connectivity index (χ1) is 9.90. The number of hydrogen-bond donors (Lipinski definition) is 2. The highest BCUT2D eigenvalue weighted by molar-refractivity contribution is 6.31. The number of hydrazine groups is 1. The van der Waals surface area contributed by atoms with Crippen molar-refractivity contribution in [3.8, 4) is 0 Å². The molecule has 2 rings (SSSR count). The van der Waals surface area contributed by atoms with Gasteiger partial charge in [0, 0.05) is 5.02 Å². The summed E-state index contributed by atoms with van der Waals surface area (Å²) in [5.74, 6) is -5.05. The molecule has 2 aromatic carbocycles. The van der Waals surface area contributed by atoms with E-state index in [0.717, 1.165) is 0 Å². The largest absolute Gasteiger partial charge is 0.271 e. The smallest absolute Gasteiger partial charge is 0.200 e. The van der Waals surface area contributed by atoms with Crippen LogP contribution in [0.2, 0.25) is 5.02 Å². The van der Waals surface area contributed by atoms with Crippen molar-refractivity contribution in [2.45, 2.75) is 6.04 Å². The quantitative estimate of drug-likeness (QED) is 0.298. The molecule has 0 aliphatic carbocycles. The average molecular weight is 323 g/mol. The molecule has 112 valence electrons. The molecule has 3 N–H and O–H groups in total. The van der Waals surface area contributed by atoms with Gasteiger partial charge in [0.25, 0.3) is 0 Å². The summed E-state index contributed by atoms with van der Waals surface area (Å²) in [6.07, 6.45) is 0. The van der Waals surface area contributed by atoms with E-state index in [9.17, 15) is 22.0 Å². The third-order valence-corrected chi connectivity index (χ3v) is 3.26. The van der Waals surface area contributed by atoms with Crippen LogP contribution in [0.25, 0.3) is 0 Å². The molecule has 0 heterocycles. The van der Waals surface area contributed by atoms with Gasteiger partial charge in [0.15, 0.2) is 23.3 Å². The molecule has 8 heteroatoms. The molecule has 2 nitrogen and oxygen atoms in total. The Kier molecular flexibility index (Phi) is 4.46. The maximum absolute atomic E-state index is 13.8. The topological polar surface area (TPSA) is 38.0 Å². The molecule has 0 aromatic heterocycles. The Morgan fingerprint density at radius 3 is 1.81 bits per heavy atom. The molecular formula is C13H8ClF5N2. The second-order valence-corrected chi connectivity index (χ2v) is 4.51. The highest BCUT2D eigenvalue weighted by atomic mass is 35.5. The molecule has 0 amide bonds. The van der Waals surface area contributed by atoms with Gasteiger partial charge in [-0.25, -0.2) is 27.4 Å². The van der Waals surface area contributed by atoms with E-state index in [1.807, 2.05) is 5.43 Å². The lowest BCUT2D eigenvalue weighted by Gasteiger charge is -2.20. The SMILES string of the molecule is NNC(c1ccccc1Cl)c1c(F)c(F)c(F)c(F)c1F. The highest BCUT2D eigenvalue weighted by Crippen LogP contribution is 2.33. The van der Waals surface area contributed by atoms with Crippen LogP contribution in [-0.4, -0.2) is 0 Å². The molecule has 0 aliphatic rings. The number of hydrogen-bond acceptors (Lipinski definition) is 2. The summed E-state index contributed by atoms with van der Waals surface area (Å²) in [7, 11) is 0. The van der Waals surface area contributed by atoms with Crippen LogP contribution in [-0.2, 0) is 0 Å². The van der Waals surface area contributed by atoms with Crippen LogP contribution in [0.5, 0.6) is 0 Å². The molecule has 0 radical (unpaired) electrons. The Bertz CT molecular complexity index is 663. The summed E-state index contributed by atoms with van der Waals surface area (Å²) < 4.78 is 67.1. The molecule has 0 saturated heterocycles. The minimum Gasteiger partial charge on any atom is -0.271 e. The van der Waals surface area contributed by atoms with Crippen LogP contribution >= 0.6 is 11.6 Å². The van der Waals surface area contributed by atoms with Crippen LogP contribution in [0.15, 0.2) is 24.3 Å². The fourth-order valence-electron chi connectivity index (χ4n) is 1.91. The summed E-state index contributed by atoms with van der Waals surface area (Å²) in [6, 6.07) is 4.27. The average Bonchev–Trinajstić information content (AvgIpc) is 2.48. The van der Waals surface area contributed by atoms with E-state index in [-0.39, 0.29) is 10.6 Å². The third-order valence-electron chi connectivity index (χ3n) is 2.92. The lowest BCUT2D eigenvalue weighted by molar-refractivity contribution is 0.362. The normalized spacial score (nSPS) is 12.5. The molecule has 0 saturated carbocycles. The predicted octanol–water partition coefficient (Wildman–Crippen LogP) is 3.59. The number of benzene rings is 2. The molecule has 21 heavy (non-hydrogen) atoms. The second kappa shape index (κ2) is 5.97. The molecule has 1 atom stereocenters. The van der Waals surface area contributed by atoms with Crippen LogP contribution in [0.1, 0.15) is 17.2 Å². The Hall–Kier alpha value is -1.70. The van der Waals surface area contributed by atoms with Gasteiger partial charge in [0.1, 0.15) is 0 Å². The summed E-state index contributed by atoms with van der Waals surface area (Å²) in [6.45, 7) is 0. The van der Waals surface area contributed by atoms with Crippen LogP contribution < -0.4 is 11.3 Å². The second-order valence-electron chi connectivity index (χ2n) is 4.10. The van der Waals surface area contributed by atoms with E-state index >= 15 is 0 Å². The molecule has 0 fully saturated rings. The molecule has 0 spiro atoms. The van der Waals surface area contributed by atoms with Gasteiger partial charge in [-0.2, -0.15) is 0 Å². The van der Waals surface area contributed by atoms with Crippen molar-refractivity contribution in [2.75, 3.05) is 0 Å². The van der Waals surface area contributed by atoms with E-state index < -0.39 is 40.7 Å². The van der Waals surface area contributed by atoms with Crippen molar-refractivity contribution in [3.63, 3.8) is 0 Å². The summed E-state index contributed by atoms with van der Waals surface area (Å²) in [5, 5.41) is 0.0596. The molecule has 0 bridgehead atoms. The van der Waals surface area contributed by atoms with Crippen LogP contribution in [0.3, 0.4) is 0 Å². The monoisotopic (exact) mass is 322 g/mol. The van der Waals surface area contributed by atoms with E-state index in [2.05, 4.69) is 0 Å². The van der Waals surface area contributed by atoms with E-state index in [1.54, 1.807) is 0 Å². The lowest BCUT2D eigenvalue weighted by atomic mass is 9.97. The maximum atomic E-state index is 13.8. The van der Waals surface area contributed by atoms with Gasteiger partial charge >= 0.3 is 0 Å². The van der Waals surface area contributed by atoms with Crippen molar-refractivity contribution >= 4 is 11.6 Å². The van der Waals surface area contributed by atoms with Crippen molar-refractivity contribution in [2.24, 2.45) is 5.84 Å². The Balaban J connectivity index is 2.73. The van der Waals surface area contributed by atoms with Gasteiger partial charge in [-0.1, -0.05) is 29.8 Å². The number of nitrogens with two attached hydrogens (primary N) is 1. The fraction of sp³-hybridized carbons (Fsp3) is 0.0769. The number of rotatable bonds is 3. The van der Waals surface area contributed by atoms with E-state index in [1.165, 1.54) is 24.3 Å². The van der Waals surface area contributed by atoms with E-state index in [0.29, 0.717) is 0 Å². The van der Waals surface area contributed by atoms with Gasteiger partial charge in [0.2, 0.25) is 5.82 Å². The summed E-state index contributed by atoms with van der Waals surface area (Å²) in [4.78, 5) is 0. The maximum Gasteiger partial charge on any atom is 0.200 e. The standard InChI is InChI=1S/C13H8ClF5N2/c14-6-4-2-1-3-5(6)13(21-20)7-8(15)10(17)12(19)11(18)9(7)16/h1-4,13,21H,20H2. The third kappa shape index (κ3) is 2.59. The van der Waals surface area contributed by atoms with Crippen LogP contribution in [0, 0.1) is 29.1 Å². The van der Waals surface area contributed by atoms with Crippen molar-refractivity contribution < 1.29 is 22.0 Å². The minimum atomic E-state index is -2.23. The first-order valence-corrected chi connectivity index (χ1v) is 5.99. The molecule has 0 aliphatic heterocycles. The summed E-state index contributed by atoms with van der Waals surface area (Å²) >= 11 is 5.86. The van der Waals surface area contributed by atoms with Crippen molar-refractivity contribution in [1.82, 2.24) is 5.43 Å². The van der Waals surface area contributed by atoms with Crippen molar-refractivity contribution in [1.29, 1.82) is 0 Å². The Morgan fingerprint density at radius 1 is 0.857 bits per heavy atom. The molecular weight excluding hydrogens is 315 g/mol. The number of nitrogens with one attached hydrogen (secondary N) is 1. The fourth-order valence-corrected chi connectivity index (χ4v) is 2.16.